The first-order valence-corrected chi connectivity index (χ1v) is 7.80. The number of aliphatic imine (C=N–C) groups is 1. The predicted molar refractivity (Wildman–Crippen MR) is 87.4 cm³/mol. The maximum Gasteiger partial charge on any atom is 0.416 e. The third kappa shape index (κ3) is 4.00. The summed E-state index contributed by atoms with van der Waals surface area (Å²) in [7, 11) is 0. The number of rotatable bonds is 3. The molecule has 1 unspecified atom stereocenters. The van der Waals surface area contributed by atoms with E-state index in [4.69, 9.17) is 28.0 Å². The monoisotopic (exact) mass is 390 g/mol. The lowest BCUT2D eigenvalue weighted by Crippen LogP contribution is -2.18. The number of hydroxylamine groups is 2. The van der Waals surface area contributed by atoms with Gasteiger partial charge in [0, 0.05) is 5.56 Å². The lowest BCUT2D eigenvalue weighted by Gasteiger charge is -2.17. The summed E-state index contributed by atoms with van der Waals surface area (Å²) in [6.07, 6.45) is -3.78. The average Bonchev–Trinajstić information content (AvgIpc) is 3.00. The van der Waals surface area contributed by atoms with Gasteiger partial charge in [0.05, 0.1) is 22.2 Å². The Morgan fingerprint density at radius 3 is 2.48 bits per heavy atom. The molecule has 1 aliphatic rings. The standard InChI is InChI=1S/C16H11Cl2F3N2O2/c17-12-5-10(6-13(18)14(12)24)15-22-8-23(25-15)7-9-2-1-3-11(4-9)16(19,20)21/h1-6,8,15,24H,7H2. The molecule has 1 aliphatic heterocycles. The molecular weight excluding hydrogens is 380 g/mol. The number of halogens is 5. The highest BCUT2D eigenvalue weighted by atomic mass is 35.5. The Balaban J connectivity index is 1.71. The smallest absolute Gasteiger partial charge is 0.416 e. The SMILES string of the molecule is Oc1c(Cl)cc(C2N=CN(Cc3cccc(C(F)(F)F)c3)O2)cc1Cl. The highest BCUT2D eigenvalue weighted by Gasteiger charge is 2.30. The summed E-state index contributed by atoms with van der Waals surface area (Å²) >= 11 is 11.7. The molecule has 25 heavy (non-hydrogen) atoms. The first-order valence-electron chi connectivity index (χ1n) is 7.05. The normalized spacial score (nSPS) is 17.3. The van der Waals surface area contributed by atoms with Crippen LogP contribution >= 0.6 is 23.2 Å². The number of hydrogen-bond acceptors (Lipinski definition) is 4. The largest absolute Gasteiger partial charge is 0.505 e. The van der Waals surface area contributed by atoms with Crippen LogP contribution in [-0.4, -0.2) is 16.5 Å². The Bertz CT molecular complexity index is 804. The van der Waals surface area contributed by atoms with Gasteiger partial charge in [-0.2, -0.15) is 13.2 Å². The molecule has 0 spiro atoms. The van der Waals surface area contributed by atoms with Crippen molar-refractivity contribution in [1.29, 1.82) is 0 Å². The van der Waals surface area contributed by atoms with Crippen LogP contribution in [0.1, 0.15) is 22.9 Å². The molecule has 0 amide bonds. The molecule has 1 heterocycles. The molecule has 0 fully saturated rings. The van der Waals surface area contributed by atoms with Gasteiger partial charge in [0.15, 0.2) is 5.75 Å². The number of phenols is 1. The Morgan fingerprint density at radius 2 is 1.84 bits per heavy atom. The fourth-order valence-corrected chi connectivity index (χ4v) is 2.80. The molecule has 0 saturated carbocycles. The van der Waals surface area contributed by atoms with E-state index >= 15 is 0 Å². The minimum atomic E-state index is -4.40. The van der Waals surface area contributed by atoms with Gasteiger partial charge in [-0.1, -0.05) is 35.3 Å². The summed E-state index contributed by atoms with van der Waals surface area (Å²) in [5, 5.41) is 11.0. The van der Waals surface area contributed by atoms with E-state index in [1.165, 1.54) is 29.6 Å². The first kappa shape index (κ1) is 17.8. The lowest BCUT2D eigenvalue weighted by atomic mass is 10.1. The van der Waals surface area contributed by atoms with Crippen molar-refractivity contribution in [2.75, 3.05) is 0 Å². The minimum Gasteiger partial charge on any atom is -0.505 e. The van der Waals surface area contributed by atoms with E-state index < -0.39 is 18.0 Å². The van der Waals surface area contributed by atoms with Gasteiger partial charge in [-0.15, -0.1) is 0 Å². The highest BCUT2D eigenvalue weighted by Crippen LogP contribution is 2.37. The number of phenolic OH excluding ortho intramolecular Hbond substituents is 1. The topological polar surface area (TPSA) is 45.1 Å². The number of aromatic hydroxyl groups is 1. The molecule has 2 aromatic carbocycles. The van der Waals surface area contributed by atoms with Gasteiger partial charge in [-0.3, -0.25) is 0 Å². The van der Waals surface area contributed by atoms with Crippen LogP contribution in [-0.2, 0) is 17.6 Å². The van der Waals surface area contributed by atoms with Crippen LogP contribution in [0.5, 0.6) is 5.75 Å². The maximum absolute atomic E-state index is 12.8. The molecule has 3 rings (SSSR count). The third-order valence-electron chi connectivity index (χ3n) is 3.48. The zero-order chi connectivity index (χ0) is 18.2. The molecule has 1 N–H and O–H groups in total. The van der Waals surface area contributed by atoms with Crippen molar-refractivity contribution < 1.29 is 23.1 Å². The summed E-state index contributed by atoms with van der Waals surface area (Å²) in [4.78, 5) is 9.68. The van der Waals surface area contributed by atoms with Crippen molar-refractivity contribution in [3.05, 3.63) is 63.1 Å². The Kier molecular flexibility index (Phi) is 4.81. The molecule has 1 atom stereocenters. The summed E-state index contributed by atoms with van der Waals surface area (Å²) < 4.78 is 38.3. The van der Waals surface area contributed by atoms with Crippen molar-refractivity contribution in [3.8, 4) is 5.75 Å². The highest BCUT2D eigenvalue weighted by molar-refractivity contribution is 6.37. The fourth-order valence-electron chi connectivity index (χ4n) is 2.30. The van der Waals surface area contributed by atoms with Gasteiger partial charge in [0.25, 0.3) is 0 Å². The van der Waals surface area contributed by atoms with E-state index in [1.807, 2.05) is 0 Å². The number of hydrogen-bond donors (Lipinski definition) is 1. The molecule has 132 valence electrons. The van der Waals surface area contributed by atoms with Gasteiger partial charge in [-0.05, 0) is 29.8 Å². The molecule has 0 aliphatic carbocycles. The van der Waals surface area contributed by atoms with Crippen LogP contribution in [0.2, 0.25) is 10.0 Å². The summed E-state index contributed by atoms with van der Waals surface area (Å²) in [6.45, 7) is 0.0868. The van der Waals surface area contributed by atoms with E-state index in [2.05, 4.69) is 4.99 Å². The van der Waals surface area contributed by atoms with E-state index in [-0.39, 0.29) is 22.3 Å². The molecule has 0 saturated heterocycles. The van der Waals surface area contributed by atoms with Crippen molar-refractivity contribution in [2.24, 2.45) is 4.99 Å². The van der Waals surface area contributed by atoms with Gasteiger partial charge in [0.1, 0.15) is 6.34 Å². The second-order valence-corrected chi connectivity index (χ2v) is 6.14. The maximum atomic E-state index is 12.8. The number of alkyl halides is 3. The number of benzene rings is 2. The minimum absolute atomic E-state index is 0.0534. The quantitative estimate of drug-likeness (QED) is 0.783. The van der Waals surface area contributed by atoms with Crippen LogP contribution in [0, 0.1) is 0 Å². The van der Waals surface area contributed by atoms with E-state index in [0.29, 0.717) is 11.1 Å². The van der Waals surface area contributed by atoms with E-state index in [1.54, 1.807) is 6.07 Å². The van der Waals surface area contributed by atoms with Gasteiger partial charge in [0.2, 0.25) is 6.23 Å². The van der Waals surface area contributed by atoms with Crippen molar-refractivity contribution >= 4 is 29.5 Å². The Morgan fingerprint density at radius 1 is 1.16 bits per heavy atom. The van der Waals surface area contributed by atoms with Gasteiger partial charge in [-0.25, -0.2) is 14.9 Å². The van der Waals surface area contributed by atoms with Gasteiger partial charge < -0.3 is 5.11 Å². The van der Waals surface area contributed by atoms with Gasteiger partial charge >= 0.3 is 6.18 Å². The lowest BCUT2D eigenvalue weighted by molar-refractivity contribution is -0.138. The average molecular weight is 391 g/mol. The molecule has 0 bridgehead atoms. The zero-order valence-corrected chi connectivity index (χ0v) is 14.0. The molecule has 4 nitrogen and oxygen atoms in total. The van der Waals surface area contributed by atoms with Crippen LogP contribution in [0.15, 0.2) is 41.4 Å². The van der Waals surface area contributed by atoms with Crippen LogP contribution in [0.25, 0.3) is 0 Å². The van der Waals surface area contributed by atoms with E-state index in [0.717, 1.165) is 12.1 Å². The van der Waals surface area contributed by atoms with E-state index in [9.17, 15) is 18.3 Å². The molecule has 2 aromatic rings. The van der Waals surface area contributed by atoms with Crippen molar-refractivity contribution in [1.82, 2.24) is 5.06 Å². The molecule has 0 aromatic heterocycles. The second kappa shape index (κ2) is 6.74. The summed E-state index contributed by atoms with van der Waals surface area (Å²) in [6, 6.07) is 7.87. The third-order valence-corrected chi connectivity index (χ3v) is 4.06. The predicted octanol–water partition coefficient (Wildman–Crippen LogP) is 5.19. The second-order valence-electron chi connectivity index (χ2n) is 5.33. The summed E-state index contributed by atoms with van der Waals surface area (Å²) in [5.74, 6) is -0.241. The molecule has 9 heteroatoms. The molecule has 0 radical (unpaired) electrons. The Hall–Kier alpha value is -1.96. The fraction of sp³-hybridized carbons (Fsp3) is 0.188. The first-order chi connectivity index (χ1) is 11.7. The molecular formula is C16H11Cl2F3N2O2. The number of nitrogens with zero attached hydrogens (tertiary/aromatic N) is 2. The van der Waals surface area contributed by atoms with Crippen molar-refractivity contribution in [3.63, 3.8) is 0 Å². The van der Waals surface area contributed by atoms with Crippen LogP contribution < -0.4 is 0 Å². The van der Waals surface area contributed by atoms with Crippen molar-refractivity contribution in [2.45, 2.75) is 18.9 Å². The van der Waals surface area contributed by atoms with Crippen LogP contribution in [0.4, 0.5) is 13.2 Å². The zero-order valence-electron chi connectivity index (χ0n) is 12.5. The summed E-state index contributed by atoms with van der Waals surface area (Å²) in [5.41, 5.74) is 0.203. The Labute approximate surface area is 151 Å². The van der Waals surface area contributed by atoms with Crippen LogP contribution in [0.3, 0.4) is 0 Å².